The Kier molecular flexibility index (Phi) is 4.50. The molecule has 1 heterocycles. The number of aromatic nitrogens is 1. The zero-order valence-corrected chi connectivity index (χ0v) is 13.8. The second kappa shape index (κ2) is 6.18. The molecule has 0 unspecified atom stereocenters. The van der Waals surface area contributed by atoms with Gasteiger partial charge in [0.05, 0.1) is 0 Å². The van der Waals surface area contributed by atoms with Gasteiger partial charge >= 0.3 is 0 Å². The Balaban J connectivity index is 2.15. The first-order chi connectivity index (χ1) is 10.2. The van der Waals surface area contributed by atoms with Gasteiger partial charge in [0.2, 0.25) is 0 Å². The Labute approximate surface area is 132 Å². The van der Waals surface area contributed by atoms with Crippen LogP contribution in [0, 0.1) is 13.8 Å². The van der Waals surface area contributed by atoms with Crippen LogP contribution in [0.1, 0.15) is 42.4 Å². The summed E-state index contributed by atoms with van der Waals surface area (Å²) in [5, 5.41) is 6.22. The maximum atomic E-state index is 12.3. The Morgan fingerprint density at radius 2 is 1.73 bits per heavy atom. The third kappa shape index (κ3) is 4.32. The minimum Gasteiger partial charge on any atom is -0.380 e. The van der Waals surface area contributed by atoms with Gasteiger partial charge in [-0.05, 0) is 70.0 Å². The highest BCUT2D eigenvalue weighted by molar-refractivity contribution is 6.03. The van der Waals surface area contributed by atoms with E-state index >= 15 is 0 Å². The number of rotatable bonds is 3. The van der Waals surface area contributed by atoms with Gasteiger partial charge in [-0.25, -0.2) is 0 Å². The molecule has 116 valence electrons. The van der Waals surface area contributed by atoms with Crippen molar-refractivity contribution < 1.29 is 4.79 Å². The van der Waals surface area contributed by atoms with Crippen molar-refractivity contribution in [1.29, 1.82) is 0 Å². The third-order valence-electron chi connectivity index (χ3n) is 3.28. The maximum absolute atomic E-state index is 12.3. The first-order valence-electron chi connectivity index (χ1n) is 7.37. The van der Waals surface area contributed by atoms with E-state index in [-0.39, 0.29) is 11.4 Å². The summed E-state index contributed by atoms with van der Waals surface area (Å²) in [6.45, 7) is 10.3. The van der Waals surface area contributed by atoms with Crippen molar-refractivity contribution in [2.45, 2.75) is 40.2 Å². The molecule has 2 aromatic rings. The smallest absolute Gasteiger partial charge is 0.274 e. The summed E-state index contributed by atoms with van der Waals surface area (Å²) in [6, 6.07) is 9.48. The molecule has 2 N–H and O–H groups in total. The van der Waals surface area contributed by atoms with Crippen LogP contribution in [0.4, 0.5) is 11.4 Å². The van der Waals surface area contributed by atoms with Crippen LogP contribution in [-0.2, 0) is 0 Å². The second-order valence-corrected chi connectivity index (χ2v) is 6.56. The average molecular weight is 297 g/mol. The molecular formula is C18H23N3O. The van der Waals surface area contributed by atoms with Crippen LogP contribution in [0.25, 0.3) is 0 Å². The summed E-state index contributed by atoms with van der Waals surface area (Å²) in [6.07, 6.45) is 1.64. The minimum atomic E-state index is -0.208. The summed E-state index contributed by atoms with van der Waals surface area (Å²) in [5.74, 6) is -0.208. The zero-order chi connectivity index (χ0) is 16.3. The SMILES string of the molecule is Cc1ccc(NC(=O)c2cc(NC(C)(C)C)ccn2)cc1C. The quantitative estimate of drug-likeness (QED) is 0.894. The topological polar surface area (TPSA) is 54.0 Å². The van der Waals surface area contributed by atoms with Crippen molar-refractivity contribution in [3.63, 3.8) is 0 Å². The number of pyridine rings is 1. The molecule has 4 nitrogen and oxygen atoms in total. The van der Waals surface area contributed by atoms with Crippen molar-refractivity contribution in [1.82, 2.24) is 4.98 Å². The molecular weight excluding hydrogens is 274 g/mol. The predicted molar refractivity (Wildman–Crippen MR) is 91.5 cm³/mol. The molecule has 0 aliphatic rings. The first-order valence-corrected chi connectivity index (χ1v) is 7.37. The van der Waals surface area contributed by atoms with E-state index in [9.17, 15) is 4.79 Å². The van der Waals surface area contributed by atoms with E-state index in [0.29, 0.717) is 5.69 Å². The van der Waals surface area contributed by atoms with Crippen LogP contribution in [-0.4, -0.2) is 16.4 Å². The van der Waals surface area contributed by atoms with Gasteiger partial charge in [-0.1, -0.05) is 6.07 Å². The van der Waals surface area contributed by atoms with Gasteiger partial charge in [-0.2, -0.15) is 0 Å². The van der Waals surface area contributed by atoms with E-state index in [0.717, 1.165) is 16.9 Å². The second-order valence-electron chi connectivity index (χ2n) is 6.56. The van der Waals surface area contributed by atoms with Gasteiger partial charge in [0, 0.05) is 23.1 Å². The number of benzene rings is 1. The van der Waals surface area contributed by atoms with Gasteiger partial charge in [-0.3, -0.25) is 9.78 Å². The molecule has 1 aromatic heterocycles. The van der Waals surface area contributed by atoms with Crippen molar-refractivity contribution in [2.75, 3.05) is 10.6 Å². The zero-order valence-electron chi connectivity index (χ0n) is 13.8. The number of hydrogen-bond acceptors (Lipinski definition) is 3. The molecule has 0 saturated carbocycles. The minimum absolute atomic E-state index is 0.0663. The van der Waals surface area contributed by atoms with E-state index in [1.165, 1.54) is 5.56 Å². The molecule has 1 aromatic carbocycles. The molecule has 2 rings (SSSR count). The lowest BCUT2D eigenvalue weighted by molar-refractivity contribution is 0.102. The highest BCUT2D eigenvalue weighted by Gasteiger charge is 2.12. The van der Waals surface area contributed by atoms with Crippen molar-refractivity contribution in [2.24, 2.45) is 0 Å². The Hall–Kier alpha value is -2.36. The Bertz CT molecular complexity index is 687. The standard InChI is InChI=1S/C18H23N3O/c1-12-6-7-14(10-13(12)2)20-17(22)16-11-15(8-9-19-16)21-18(3,4)5/h6-11H,1-5H3,(H,19,21)(H,20,22). The van der Waals surface area contributed by atoms with Crippen LogP contribution in [0.15, 0.2) is 36.5 Å². The lowest BCUT2D eigenvalue weighted by atomic mass is 10.1. The van der Waals surface area contributed by atoms with Crippen LogP contribution in [0.2, 0.25) is 0 Å². The summed E-state index contributed by atoms with van der Waals surface area (Å²) in [4.78, 5) is 16.5. The number of aryl methyl sites for hydroxylation is 2. The van der Waals surface area contributed by atoms with Crippen LogP contribution in [0.5, 0.6) is 0 Å². The molecule has 0 fully saturated rings. The van der Waals surface area contributed by atoms with Gasteiger partial charge < -0.3 is 10.6 Å². The van der Waals surface area contributed by atoms with Crippen molar-refractivity contribution >= 4 is 17.3 Å². The lowest BCUT2D eigenvalue weighted by Crippen LogP contribution is -2.26. The molecule has 22 heavy (non-hydrogen) atoms. The first kappa shape index (κ1) is 16.0. The van der Waals surface area contributed by atoms with Gasteiger partial charge in [-0.15, -0.1) is 0 Å². The Morgan fingerprint density at radius 1 is 1.00 bits per heavy atom. The summed E-state index contributed by atoms with van der Waals surface area (Å²) < 4.78 is 0. The van der Waals surface area contributed by atoms with Gasteiger partial charge in [0.25, 0.3) is 5.91 Å². The number of nitrogens with one attached hydrogen (secondary N) is 2. The van der Waals surface area contributed by atoms with E-state index in [1.54, 1.807) is 12.3 Å². The molecule has 0 spiro atoms. The normalized spacial score (nSPS) is 11.1. The number of nitrogens with zero attached hydrogens (tertiary/aromatic N) is 1. The number of carbonyl (C=O) groups excluding carboxylic acids is 1. The number of amides is 1. The largest absolute Gasteiger partial charge is 0.380 e. The fourth-order valence-corrected chi connectivity index (χ4v) is 2.08. The van der Waals surface area contributed by atoms with E-state index in [1.807, 2.05) is 38.1 Å². The molecule has 0 atom stereocenters. The molecule has 0 aliphatic carbocycles. The van der Waals surface area contributed by atoms with Crippen LogP contribution < -0.4 is 10.6 Å². The highest BCUT2D eigenvalue weighted by atomic mass is 16.1. The van der Waals surface area contributed by atoms with Gasteiger partial charge in [0.15, 0.2) is 0 Å². The summed E-state index contributed by atoms with van der Waals surface area (Å²) in [7, 11) is 0. The van der Waals surface area contributed by atoms with Crippen LogP contribution >= 0.6 is 0 Å². The lowest BCUT2D eigenvalue weighted by Gasteiger charge is -2.22. The molecule has 4 heteroatoms. The fourth-order valence-electron chi connectivity index (χ4n) is 2.08. The molecule has 0 radical (unpaired) electrons. The predicted octanol–water partition coefficient (Wildman–Crippen LogP) is 4.16. The van der Waals surface area contributed by atoms with E-state index < -0.39 is 0 Å². The fraction of sp³-hybridized carbons (Fsp3) is 0.333. The molecule has 0 bridgehead atoms. The number of carbonyl (C=O) groups is 1. The molecule has 0 saturated heterocycles. The number of anilines is 2. The summed E-state index contributed by atoms with van der Waals surface area (Å²) >= 11 is 0. The number of hydrogen-bond donors (Lipinski definition) is 2. The average Bonchev–Trinajstić information content (AvgIpc) is 2.41. The van der Waals surface area contributed by atoms with Gasteiger partial charge in [0.1, 0.15) is 5.69 Å². The van der Waals surface area contributed by atoms with Crippen LogP contribution in [0.3, 0.4) is 0 Å². The Morgan fingerprint density at radius 3 is 2.36 bits per heavy atom. The molecule has 1 amide bonds. The van der Waals surface area contributed by atoms with Crippen molar-refractivity contribution in [3.05, 3.63) is 53.3 Å². The highest BCUT2D eigenvalue weighted by Crippen LogP contribution is 2.17. The van der Waals surface area contributed by atoms with Crippen molar-refractivity contribution in [3.8, 4) is 0 Å². The monoisotopic (exact) mass is 297 g/mol. The molecule has 0 aliphatic heterocycles. The third-order valence-corrected chi connectivity index (χ3v) is 3.28. The summed E-state index contributed by atoms with van der Waals surface area (Å²) in [5.41, 5.74) is 4.34. The van der Waals surface area contributed by atoms with E-state index in [4.69, 9.17) is 0 Å². The van der Waals surface area contributed by atoms with E-state index in [2.05, 4.69) is 36.4 Å². The maximum Gasteiger partial charge on any atom is 0.274 e.